The Hall–Kier alpha value is -3.48. The Bertz CT molecular complexity index is 968. The summed E-state index contributed by atoms with van der Waals surface area (Å²) in [6.45, 7) is 1.84. The van der Waals surface area contributed by atoms with Gasteiger partial charge >= 0.3 is 0 Å². The van der Waals surface area contributed by atoms with E-state index in [4.69, 9.17) is 0 Å². The number of carbonyl (C=O) groups excluding carboxylic acids is 2. The number of amides is 2. The third-order valence-electron chi connectivity index (χ3n) is 3.98. The fourth-order valence-corrected chi connectivity index (χ4v) is 2.60. The lowest BCUT2D eigenvalue weighted by Crippen LogP contribution is -2.24. The molecule has 0 unspecified atom stereocenters. The second-order valence-corrected chi connectivity index (χ2v) is 5.97. The van der Waals surface area contributed by atoms with E-state index in [-0.39, 0.29) is 24.2 Å². The average Bonchev–Trinajstić information content (AvgIpc) is 3.14. The molecule has 0 aliphatic heterocycles. The van der Waals surface area contributed by atoms with Crippen molar-refractivity contribution in [3.63, 3.8) is 0 Å². The lowest BCUT2D eigenvalue weighted by Gasteiger charge is -2.11. The van der Waals surface area contributed by atoms with E-state index in [9.17, 15) is 14.0 Å². The molecule has 0 aliphatic carbocycles. The molecule has 6 nitrogen and oxygen atoms in total. The molecule has 0 saturated carbocycles. The smallest absolute Gasteiger partial charge is 0.253 e. The Morgan fingerprint density at radius 2 is 1.78 bits per heavy atom. The zero-order chi connectivity index (χ0) is 19.2. The summed E-state index contributed by atoms with van der Waals surface area (Å²) in [6, 6.07) is 13.4. The van der Waals surface area contributed by atoms with Crippen LogP contribution in [0.4, 0.5) is 4.39 Å². The van der Waals surface area contributed by atoms with Gasteiger partial charge in [-0.25, -0.2) is 9.37 Å². The van der Waals surface area contributed by atoms with Crippen LogP contribution in [0, 0.1) is 5.82 Å². The van der Waals surface area contributed by atoms with Crippen molar-refractivity contribution in [2.75, 3.05) is 0 Å². The minimum atomic E-state index is -0.358. The first kappa shape index (κ1) is 18.3. The lowest BCUT2D eigenvalue weighted by atomic mass is 10.1. The van der Waals surface area contributed by atoms with Crippen LogP contribution < -0.4 is 10.6 Å². The summed E-state index contributed by atoms with van der Waals surface area (Å²) in [5, 5.41) is 5.42. The van der Waals surface area contributed by atoms with Crippen LogP contribution in [0.3, 0.4) is 0 Å². The Kier molecular flexibility index (Phi) is 5.61. The standard InChI is InChI=1S/C20H19FN4O2/c1-14(26)22-11-16-12-25(13-24-16)19-9-5-3-7-17(19)20(27)23-10-15-6-2-4-8-18(15)21/h2-9,12-13H,10-11H2,1H3,(H,22,26)(H,23,27). The molecule has 0 aliphatic rings. The summed E-state index contributed by atoms with van der Waals surface area (Å²) in [5.74, 6) is -0.813. The number of carbonyl (C=O) groups is 2. The number of imidazole rings is 1. The van der Waals surface area contributed by atoms with Crippen LogP contribution in [0.15, 0.2) is 61.1 Å². The highest BCUT2D eigenvalue weighted by Crippen LogP contribution is 2.16. The second kappa shape index (κ2) is 8.27. The molecule has 3 aromatic rings. The first-order chi connectivity index (χ1) is 13.0. The number of hydrogen-bond donors (Lipinski definition) is 2. The van der Waals surface area contributed by atoms with Crippen LogP contribution in [-0.2, 0) is 17.9 Å². The summed E-state index contributed by atoms with van der Waals surface area (Å²) in [5.41, 5.74) is 2.18. The zero-order valence-electron chi connectivity index (χ0n) is 14.8. The van der Waals surface area contributed by atoms with Gasteiger partial charge in [0.1, 0.15) is 5.82 Å². The van der Waals surface area contributed by atoms with Crippen molar-refractivity contribution in [3.8, 4) is 5.69 Å². The van der Waals surface area contributed by atoms with Crippen molar-refractivity contribution in [1.29, 1.82) is 0 Å². The predicted octanol–water partition coefficient (Wildman–Crippen LogP) is 2.58. The molecule has 2 amide bonds. The van der Waals surface area contributed by atoms with E-state index in [0.717, 1.165) is 0 Å². The first-order valence-electron chi connectivity index (χ1n) is 8.43. The average molecular weight is 366 g/mol. The van der Waals surface area contributed by atoms with Crippen molar-refractivity contribution in [2.24, 2.45) is 0 Å². The van der Waals surface area contributed by atoms with Gasteiger partial charge in [0.05, 0.1) is 29.8 Å². The maximum absolute atomic E-state index is 13.7. The third-order valence-corrected chi connectivity index (χ3v) is 3.98. The summed E-state index contributed by atoms with van der Waals surface area (Å²) in [7, 11) is 0. The molecular weight excluding hydrogens is 347 g/mol. The number of para-hydroxylation sites is 1. The summed E-state index contributed by atoms with van der Waals surface area (Å²) < 4.78 is 15.4. The highest BCUT2D eigenvalue weighted by molar-refractivity contribution is 5.97. The van der Waals surface area contributed by atoms with Crippen LogP contribution in [0.5, 0.6) is 0 Å². The number of benzene rings is 2. The molecule has 27 heavy (non-hydrogen) atoms. The van der Waals surface area contributed by atoms with Crippen LogP contribution in [0.1, 0.15) is 28.5 Å². The minimum Gasteiger partial charge on any atom is -0.351 e. The molecule has 0 fully saturated rings. The van der Waals surface area contributed by atoms with Gasteiger partial charge in [0.15, 0.2) is 0 Å². The van der Waals surface area contributed by atoms with Gasteiger partial charge in [-0.2, -0.15) is 0 Å². The molecule has 138 valence electrons. The topological polar surface area (TPSA) is 76.0 Å². The van der Waals surface area contributed by atoms with Crippen molar-refractivity contribution in [1.82, 2.24) is 20.2 Å². The molecule has 0 saturated heterocycles. The summed E-state index contributed by atoms with van der Waals surface area (Å²) >= 11 is 0. The number of rotatable bonds is 6. The largest absolute Gasteiger partial charge is 0.351 e. The Balaban J connectivity index is 1.76. The lowest BCUT2D eigenvalue weighted by molar-refractivity contribution is -0.119. The van der Waals surface area contributed by atoms with Gasteiger partial charge in [-0.3, -0.25) is 9.59 Å². The van der Waals surface area contributed by atoms with Crippen LogP contribution in [-0.4, -0.2) is 21.4 Å². The molecule has 1 aromatic heterocycles. The molecule has 3 rings (SSSR count). The van der Waals surface area contributed by atoms with Crippen LogP contribution >= 0.6 is 0 Å². The maximum atomic E-state index is 13.7. The number of halogens is 1. The van der Waals surface area contributed by atoms with Gasteiger partial charge in [-0.15, -0.1) is 0 Å². The third kappa shape index (κ3) is 4.58. The Morgan fingerprint density at radius 1 is 1.04 bits per heavy atom. The molecule has 2 aromatic carbocycles. The van der Waals surface area contributed by atoms with Crippen molar-refractivity contribution in [2.45, 2.75) is 20.0 Å². The molecule has 0 atom stereocenters. The molecule has 1 heterocycles. The maximum Gasteiger partial charge on any atom is 0.253 e. The second-order valence-electron chi connectivity index (χ2n) is 5.97. The number of nitrogens with zero attached hydrogens (tertiary/aromatic N) is 2. The van der Waals surface area contributed by atoms with E-state index in [1.165, 1.54) is 13.0 Å². The normalized spacial score (nSPS) is 10.4. The van der Waals surface area contributed by atoms with Crippen LogP contribution in [0.25, 0.3) is 5.69 Å². The number of hydrogen-bond acceptors (Lipinski definition) is 3. The first-order valence-corrected chi connectivity index (χ1v) is 8.43. The summed E-state index contributed by atoms with van der Waals surface area (Å²) in [6.07, 6.45) is 3.33. The molecule has 2 N–H and O–H groups in total. The van der Waals surface area contributed by atoms with E-state index >= 15 is 0 Å². The van der Waals surface area contributed by atoms with Gasteiger partial charge in [0.25, 0.3) is 5.91 Å². The fraction of sp³-hybridized carbons (Fsp3) is 0.150. The van der Waals surface area contributed by atoms with Crippen LogP contribution in [0.2, 0.25) is 0 Å². The quantitative estimate of drug-likeness (QED) is 0.704. The predicted molar refractivity (Wildman–Crippen MR) is 98.7 cm³/mol. The number of aromatic nitrogens is 2. The van der Waals surface area contributed by atoms with Gasteiger partial charge in [0, 0.05) is 25.2 Å². The fourth-order valence-electron chi connectivity index (χ4n) is 2.60. The van der Waals surface area contributed by atoms with E-state index in [1.54, 1.807) is 53.5 Å². The van der Waals surface area contributed by atoms with E-state index in [0.29, 0.717) is 29.1 Å². The SMILES string of the molecule is CC(=O)NCc1cn(-c2ccccc2C(=O)NCc2ccccc2F)cn1. The Morgan fingerprint density at radius 3 is 2.56 bits per heavy atom. The van der Waals surface area contributed by atoms with E-state index in [2.05, 4.69) is 15.6 Å². The van der Waals surface area contributed by atoms with Gasteiger partial charge in [0.2, 0.25) is 5.91 Å². The zero-order valence-corrected chi connectivity index (χ0v) is 14.8. The molecule has 0 bridgehead atoms. The van der Waals surface area contributed by atoms with Gasteiger partial charge < -0.3 is 15.2 Å². The molecule has 7 heteroatoms. The number of nitrogens with one attached hydrogen (secondary N) is 2. The molecule has 0 spiro atoms. The molecular formula is C20H19FN4O2. The Labute approximate surface area is 156 Å². The van der Waals surface area contributed by atoms with Crippen molar-refractivity contribution < 1.29 is 14.0 Å². The van der Waals surface area contributed by atoms with Crippen molar-refractivity contribution >= 4 is 11.8 Å². The highest BCUT2D eigenvalue weighted by Gasteiger charge is 2.13. The highest BCUT2D eigenvalue weighted by atomic mass is 19.1. The van der Waals surface area contributed by atoms with Gasteiger partial charge in [-0.1, -0.05) is 30.3 Å². The van der Waals surface area contributed by atoms with E-state index < -0.39 is 0 Å². The summed E-state index contributed by atoms with van der Waals surface area (Å²) in [4.78, 5) is 27.9. The van der Waals surface area contributed by atoms with Crippen molar-refractivity contribution in [3.05, 3.63) is 83.7 Å². The van der Waals surface area contributed by atoms with E-state index in [1.807, 2.05) is 6.07 Å². The minimum absolute atomic E-state index is 0.0948. The molecule has 0 radical (unpaired) electrons. The monoisotopic (exact) mass is 366 g/mol. The van der Waals surface area contributed by atoms with Gasteiger partial charge in [-0.05, 0) is 18.2 Å².